The molecule has 42 heavy (non-hydrogen) atoms. The Morgan fingerprint density at radius 2 is 1.83 bits per heavy atom. The van der Waals surface area contributed by atoms with Crippen LogP contribution in [0, 0.1) is 17.5 Å². The summed E-state index contributed by atoms with van der Waals surface area (Å²) < 4.78 is 69.5. The average Bonchev–Trinajstić information content (AvgIpc) is 3.52. The lowest BCUT2D eigenvalue weighted by Gasteiger charge is -2.35. The van der Waals surface area contributed by atoms with Crippen LogP contribution in [-0.4, -0.2) is 65.3 Å². The Hall–Kier alpha value is -3.84. The number of hydrogen-bond acceptors (Lipinski definition) is 8. The molecular weight excluding hydrogens is 573 g/mol. The topological polar surface area (TPSA) is 87.9 Å². The predicted octanol–water partition coefficient (Wildman–Crippen LogP) is 6.59. The summed E-state index contributed by atoms with van der Waals surface area (Å²) in [6.07, 6.45) is -0.461. The fourth-order valence-electron chi connectivity index (χ4n) is 4.95. The Kier molecular flexibility index (Phi) is 8.08. The molecule has 0 saturated carbocycles. The van der Waals surface area contributed by atoms with Crippen LogP contribution in [0.3, 0.4) is 0 Å². The van der Waals surface area contributed by atoms with E-state index in [2.05, 4.69) is 4.98 Å². The number of thiophene rings is 1. The van der Waals surface area contributed by atoms with Crippen LogP contribution >= 0.6 is 11.3 Å². The van der Waals surface area contributed by atoms with E-state index >= 15 is 8.78 Å². The summed E-state index contributed by atoms with van der Waals surface area (Å²) in [5.41, 5.74) is 0.274. The maximum absolute atomic E-state index is 15.7. The molecule has 1 atom stereocenters. The number of hydrogen-bond donors (Lipinski definition) is 0. The van der Waals surface area contributed by atoms with Gasteiger partial charge in [0.1, 0.15) is 51.5 Å². The van der Waals surface area contributed by atoms with Crippen molar-refractivity contribution in [3.63, 3.8) is 0 Å². The van der Waals surface area contributed by atoms with Gasteiger partial charge in [-0.15, -0.1) is 11.3 Å². The van der Waals surface area contributed by atoms with Crippen molar-refractivity contribution in [3.05, 3.63) is 46.7 Å². The van der Waals surface area contributed by atoms with E-state index in [1.165, 1.54) is 19.6 Å². The van der Waals surface area contributed by atoms with Crippen molar-refractivity contribution in [2.45, 2.75) is 45.9 Å². The van der Waals surface area contributed by atoms with Gasteiger partial charge >= 0.3 is 6.09 Å². The van der Waals surface area contributed by atoms with Gasteiger partial charge in [0.25, 0.3) is 0 Å². The number of carbonyl (C=O) groups excluding carboxylic acids is 1. The van der Waals surface area contributed by atoms with E-state index in [0.29, 0.717) is 29.5 Å². The SMILES string of the molecule is COCCOc1cc(F)cc(F)c1-c1c(-c2cc3n(n2)CCN(C(=O)OC(C)(C)C)[C@@H]3C)nc(OC)c2scc(F)c12. The normalized spacial score (nSPS) is 15.2. The third-order valence-electron chi connectivity index (χ3n) is 6.78. The number of nitrogens with zero attached hydrogens (tertiary/aromatic N) is 4. The summed E-state index contributed by atoms with van der Waals surface area (Å²) in [4.78, 5) is 19.2. The first kappa shape index (κ1) is 29.6. The molecule has 224 valence electrons. The van der Waals surface area contributed by atoms with Gasteiger partial charge in [-0.1, -0.05) is 0 Å². The van der Waals surface area contributed by atoms with Crippen molar-refractivity contribution in [1.29, 1.82) is 0 Å². The number of pyridine rings is 1. The summed E-state index contributed by atoms with van der Waals surface area (Å²) in [6.45, 7) is 8.09. The van der Waals surface area contributed by atoms with Gasteiger partial charge in [-0.25, -0.2) is 22.9 Å². The van der Waals surface area contributed by atoms with Gasteiger partial charge in [0.2, 0.25) is 5.88 Å². The van der Waals surface area contributed by atoms with Crippen molar-refractivity contribution in [2.24, 2.45) is 0 Å². The molecule has 4 aromatic rings. The quantitative estimate of drug-likeness (QED) is 0.220. The Bertz CT molecular complexity index is 1650. The fraction of sp³-hybridized carbons (Fsp3) is 0.414. The third kappa shape index (κ3) is 5.50. The van der Waals surface area contributed by atoms with E-state index in [-0.39, 0.29) is 52.7 Å². The van der Waals surface area contributed by atoms with E-state index in [0.717, 1.165) is 17.4 Å². The van der Waals surface area contributed by atoms with Crippen LogP contribution in [0.5, 0.6) is 11.6 Å². The molecule has 1 amide bonds. The molecule has 5 rings (SSSR count). The molecule has 9 nitrogen and oxygen atoms in total. The standard InChI is InChI=1S/C29H31F3N4O5S/c1-15-20-13-19(34-36(20)8-7-35(15)28(37)41-29(2,3)4)25-24(23-18(32)14-42-26(23)27(33-25)39-6)22-17(31)11-16(30)12-21(22)40-10-9-38-5/h11-15H,7-10H2,1-6H3/t15-/m1/s1. The van der Waals surface area contributed by atoms with E-state index in [1.54, 1.807) is 36.4 Å². The lowest BCUT2D eigenvalue weighted by molar-refractivity contribution is 0.0120. The average molecular weight is 605 g/mol. The highest BCUT2D eigenvalue weighted by Gasteiger charge is 2.34. The molecule has 0 N–H and O–H groups in total. The zero-order valence-electron chi connectivity index (χ0n) is 24.1. The van der Waals surface area contributed by atoms with Crippen LogP contribution in [0.25, 0.3) is 32.6 Å². The van der Waals surface area contributed by atoms with Gasteiger partial charge in [0, 0.05) is 42.1 Å². The van der Waals surface area contributed by atoms with Crippen molar-refractivity contribution in [2.75, 3.05) is 34.0 Å². The first-order chi connectivity index (χ1) is 19.9. The number of carbonyl (C=O) groups is 1. The molecular formula is C29H31F3N4O5S. The van der Waals surface area contributed by atoms with Gasteiger partial charge in [-0.3, -0.25) is 9.58 Å². The number of amides is 1. The van der Waals surface area contributed by atoms with Crippen LogP contribution in [0.2, 0.25) is 0 Å². The second-order valence-electron chi connectivity index (χ2n) is 10.8. The second kappa shape index (κ2) is 11.4. The monoisotopic (exact) mass is 604 g/mol. The maximum atomic E-state index is 15.7. The number of rotatable bonds is 7. The van der Waals surface area contributed by atoms with Gasteiger partial charge in [-0.05, 0) is 33.8 Å². The van der Waals surface area contributed by atoms with Gasteiger partial charge in [0.05, 0.1) is 37.6 Å². The van der Waals surface area contributed by atoms with Crippen LogP contribution in [0.4, 0.5) is 18.0 Å². The molecule has 3 aromatic heterocycles. The van der Waals surface area contributed by atoms with E-state index in [9.17, 15) is 9.18 Å². The number of aromatic nitrogens is 3. The molecule has 0 bridgehead atoms. The van der Waals surface area contributed by atoms with Crippen molar-refractivity contribution in [3.8, 4) is 34.1 Å². The number of ether oxygens (including phenoxy) is 4. The Morgan fingerprint density at radius 3 is 2.52 bits per heavy atom. The summed E-state index contributed by atoms with van der Waals surface area (Å²) in [6, 6.07) is 3.05. The molecule has 1 aliphatic rings. The molecule has 1 aliphatic heterocycles. The molecule has 0 aliphatic carbocycles. The Balaban J connectivity index is 1.71. The number of benzene rings is 1. The second-order valence-corrected chi connectivity index (χ2v) is 11.6. The summed E-state index contributed by atoms with van der Waals surface area (Å²) in [5, 5.41) is 6.03. The summed E-state index contributed by atoms with van der Waals surface area (Å²) in [5.74, 6) is -2.47. The molecule has 13 heteroatoms. The molecule has 1 aromatic carbocycles. The fourth-order valence-corrected chi connectivity index (χ4v) is 5.84. The van der Waals surface area contributed by atoms with Crippen LogP contribution in [-0.2, 0) is 16.0 Å². The summed E-state index contributed by atoms with van der Waals surface area (Å²) in [7, 11) is 2.87. The molecule has 0 unspecified atom stereocenters. The first-order valence-electron chi connectivity index (χ1n) is 13.3. The number of methoxy groups -OCH3 is 2. The Morgan fingerprint density at radius 1 is 1.07 bits per heavy atom. The maximum Gasteiger partial charge on any atom is 0.410 e. The van der Waals surface area contributed by atoms with E-state index in [1.807, 2.05) is 6.92 Å². The van der Waals surface area contributed by atoms with Crippen molar-refractivity contribution >= 4 is 27.5 Å². The first-order valence-corrected chi connectivity index (χ1v) is 14.1. The van der Waals surface area contributed by atoms with Gasteiger partial charge in [-0.2, -0.15) is 5.10 Å². The number of halogens is 3. The highest BCUT2D eigenvalue weighted by atomic mass is 32.1. The van der Waals surface area contributed by atoms with E-state index < -0.39 is 35.2 Å². The minimum Gasteiger partial charge on any atom is -0.490 e. The zero-order valence-corrected chi connectivity index (χ0v) is 24.9. The smallest absolute Gasteiger partial charge is 0.410 e. The predicted molar refractivity (Wildman–Crippen MR) is 151 cm³/mol. The molecule has 0 saturated heterocycles. The van der Waals surface area contributed by atoms with Crippen molar-refractivity contribution in [1.82, 2.24) is 19.7 Å². The third-order valence-corrected chi connectivity index (χ3v) is 7.72. The molecule has 0 radical (unpaired) electrons. The largest absolute Gasteiger partial charge is 0.490 e. The van der Waals surface area contributed by atoms with Crippen molar-refractivity contribution < 1.29 is 36.9 Å². The van der Waals surface area contributed by atoms with Gasteiger partial charge < -0.3 is 18.9 Å². The lowest BCUT2D eigenvalue weighted by atomic mass is 9.96. The highest BCUT2D eigenvalue weighted by Crippen LogP contribution is 2.48. The van der Waals surface area contributed by atoms with Crippen LogP contribution in [0.15, 0.2) is 23.6 Å². The minimum atomic E-state index is -0.962. The molecule has 0 fully saturated rings. The van der Waals surface area contributed by atoms with Crippen LogP contribution < -0.4 is 9.47 Å². The highest BCUT2D eigenvalue weighted by molar-refractivity contribution is 7.17. The van der Waals surface area contributed by atoms with Gasteiger partial charge in [0.15, 0.2) is 0 Å². The summed E-state index contributed by atoms with van der Waals surface area (Å²) >= 11 is 1.05. The van der Waals surface area contributed by atoms with E-state index in [4.69, 9.17) is 24.0 Å². The molecule has 0 spiro atoms. The minimum absolute atomic E-state index is 0.00262. The van der Waals surface area contributed by atoms with Crippen LogP contribution in [0.1, 0.15) is 39.4 Å². The number of fused-ring (bicyclic) bond motifs is 2. The molecule has 4 heterocycles. The Labute approximate surface area is 244 Å². The zero-order chi connectivity index (χ0) is 30.3. The lowest BCUT2D eigenvalue weighted by Crippen LogP contribution is -2.43.